The summed E-state index contributed by atoms with van der Waals surface area (Å²) in [5, 5.41) is 0.870. The molecule has 0 aliphatic carbocycles. The van der Waals surface area contributed by atoms with E-state index in [1.807, 2.05) is 29.7 Å². The third-order valence-corrected chi connectivity index (χ3v) is 12.9. The number of ether oxygens (including phenoxy) is 2. The third-order valence-electron chi connectivity index (χ3n) is 9.87. The second kappa shape index (κ2) is 20.9. The Labute approximate surface area is 328 Å². The van der Waals surface area contributed by atoms with Crippen molar-refractivity contribution in [2.45, 2.75) is 61.9 Å². The molecule has 8 rings (SSSR count). The summed E-state index contributed by atoms with van der Waals surface area (Å²) in [4.78, 5) is 42.1. The topological polar surface area (TPSA) is 88.5 Å². The van der Waals surface area contributed by atoms with Gasteiger partial charge < -0.3 is 9.47 Å². The molecule has 0 amide bonds. The molecule has 0 aromatic heterocycles. The fourth-order valence-corrected chi connectivity index (χ4v) is 10.5. The van der Waals surface area contributed by atoms with Crippen LogP contribution in [0.3, 0.4) is 0 Å². The summed E-state index contributed by atoms with van der Waals surface area (Å²) in [6, 6.07) is 26.4. The zero-order chi connectivity index (χ0) is 37.6. The number of allylic oxidation sites excluding steroid dienone is 1. The Morgan fingerprint density at radius 3 is 1.70 bits per heavy atom. The maximum Gasteiger partial charge on any atom is 0.307 e. The summed E-state index contributed by atoms with van der Waals surface area (Å²) < 4.78 is 9.57. The molecular weight excluding hydrogens is 723 g/mol. The minimum absolute atomic E-state index is 0.0778. The highest BCUT2D eigenvalue weighted by Gasteiger charge is 2.40. The van der Waals surface area contributed by atoms with Gasteiger partial charge in [0.2, 0.25) is 0 Å². The van der Waals surface area contributed by atoms with Crippen molar-refractivity contribution in [1.82, 2.24) is 9.80 Å². The lowest BCUT2D eigenvalue weighted by molar-refractivity contribution is -0.142. The summed E-state index contributed by atoms with van der Waals surface area (Å²) in [5.74, 6) is 2.57. The zero-order valence-electron chi connectivity index (χ0n) is 30.9. The summed E-state index contributed by atoms with van der Waals surface area (Å²) in [6.45, 7) is 4.57. The van der Waals surface area contributed by atoms with Gasteiger partial charge in [-0.25, -0.2) is 0 Å². The molecule has 53 heavy (non-hydrogen) atoms. The monoisotopic (exact) mass is 773 g/mol. The van der Waals surface area contributed by atoms with Crippen molar-refractivity contribution in [3.05, 3.63) is 118 Å². The number of nitrogens with zero attached hydrogens (tertiary/aromatic N) is 3. The Kier molecular flexibility index (Phi) is 16.1. The lowest BCUT2D eigenvalue weighted by Gasteiger charge is -2.34. The van der Waals surface area contributed by atoms with Crippen LogP contribution in [-0.4, -0.2) is 96.9 Å². The van der Waals surface area contributed by atoms with Crippen LogP contribution in [0.25, 0.3) is 0 Å². The normalized spacial score (nSPS) is 22.1. The molecule has 0 radical (unpaired) electrons. The van der Waals surface area contributed by atoms with E-state index in [0.717, 1.165) is 50.4 Å². The van der Waals surface area contributed by atoms with Crippen LogP contribution in [0.5, 0.6) is 0 Å². The molecule has 3 aromatic rings. The van der Waals surface area contributed by atoms with Crippen molar-refractivity contribution in [2.75, 3.05) is 51.1 Å². The van der Waals surface area contributed by atoms with Crippen molar-refractivity contribution >= 4 is 60.1 Å². The number of benzene rings is 3. The fourth-order valence-electron chi connectivity index (χ4n) is 7.17. The SMILES string of the molecule is C1=NCCc2ccccc21.CC(=O)/C=C/CS.COC(=O)C[C@@H]1CS[C@H]2c3ccccc3CCN12.COC(=O)C[C@H]1CS[C@H]2c3ccccc3CCN12. The second-order valence-corrected chi connectivity index (χ2v) is 15.9. The number of esters is 2. The largest absolute Gasteiger partial charge is 0.469 e. The molecule has 0 spiro atoms. The molecule has 8 nitrogen and oxygen atoms in total. The van der Waals surface area contributed by atoms with E-state index in [1.165, 1.54) is 60.6 Å². The minimum atomic E-state index is -0.0971. The van der Waals surface area contributed by atoms with E-state index in [9.17, 15) is 14.4 Å². The number of carbonyl (C=O) groups excluding carboxylic acids is 3. The Bertz CT molecular complexity index is 1660. The molecular formula is C42H51N3O5S3. The van der Waals surface area contributed by atoms with Crippen LogP contribution in [-0.2, 0) is 43.1 Å². The van der Waals surface area contributed by atoms with Crippen molar-refractivity contribution in [3.8, 4) is 0 Å². The number of hydrogen-bond donors (Lipinski definition) is 1. The Morgan fingerprint density at radius 1 is 0.755 bits per heavy atom. The van der Waals surface area contributed by atoms with Crippen LogP contribution in [0.15, 0.2) is 89.9 Å². The molecule has 2 fully saturated rings. The first kappa shape index (κ1) is 40.8. The van der Waals surface area contributed by atoms with Crippen LogP contribution < -0.4 is 0 Å². The highest BCUT2D eigenvalue weighted by Crippen LogP contribution is 2.47. The lowest BCUT2D eigenvalue weighted by atomic mass is 9.98. The van der Waals surface area contributed by atoms with Crippen molar-refractivity contribution < 1.29 is 23.9 Å². The van der Waals surface area contributed by atoms with E-state index >= 15 is 0 Å². The van der Waals surface area contributed by atoms with Gasteiger partial charge in [0.05, 0.1) is 37.8 Å². The van der Waals surface area contributed by atoms with E-state index in [4.69, 9.17) is 9.47 Å². The summed E-state index contributed by atoms with van der Waals surface area (Å²) in [5.41, 5.74) is 8.50. The van der Waals surface area contributed by atoms with Crippen molar-refractivity contribution in [2.24, 2.45) is 4.99 Å². The number of ketones is 1. The number of hydrogen-bond acceptors (Lipinski definition) is 11. The predicted molar refractivity (Wildman–Crippen MR) is 221 cm³/mol. The van der Waals surface area contributed by atoms with E-state index < -0.39 is 0 Å². The molecule has 0 N–H and O–H groups in total. The summed E-state index contributed by atoms with van der Waals surface area (Å²) in [7, 11) is 2.93. The fraction of sp³-hybridized carbons (Fsp3) is 0.429. The zero-order valence-corrected chi connectivity index (χ0v) is 33.4. The Morgan fingerprint density at radius 2 is 1.25 bits per heavy atom. The molecule has 0 bridgehead atoms. The van der Waals surface area contributed by atoms with Gasteiger partial charge in [0.1, 0.15) is 0 Å². The van der Waals surface area contributed by atoms with Gasteiger partial charge in [0.25, 0.3) is 0 Å². The van der Waals surface area contributed by atoms with E-state index in [2.05, 4.69) is 100 Å². The van der Waals surface area contributed by atoms with Crippen LogP contribution in [0, 0.1) is 0 Å². The summed E-state index contributed by atoms with van der Waals surface area (Å²) in [6.07, 6.45) is 9.49. The average Bonchev–Trinajstić information content (AvgIpc) is 3.81. The molecule has 5 aliphatic rings. The average molecular weight is 774 g/mol. The van der Waals surface area contributed by atoms with Crippen LogP contribution in [0.2, 0.25) is 0 Å². The predicted octanol–water partition coefficient (Wildman–Crippen LogP) is 7.17. The number of thiol groups is 1. The summed E-state index contributed by atoms with van der Waals surface area (Å²) >= 11 is 7.75. The Hall–Kier alpha value is -3.35. The maximum absolute atomic E-state index is 11.4. The van der Waals surface area contributed by atoms with Gasteiger partial charge in [-0.2, -0.15) is 12.6 Å². The van der Waals surface area contributed by atoms with Crippen molar-refractivity contribution in [3.63, 3.8) is 0 Å². The van der Waals surface area contributed by atoms with Crippen molar-refractivity contribution in [1.29, 1.82) is 0 Å². The molecule has 4 atom stereocenters. The van der Waals surface area contributed by atoms with E-state index in [1.54, 1.807) is 6.08 Å². The van der Waals surface area contributed by atoms with Gasteiger partial charge >= 0.3 is 11.9 Å². The van der Waals surface area contributed by atoms with Gasteiger partial charge in [-0.15, -0.1) is 23.5 Å². The molecule has 0 saturated carbocycles. The number of methoxy groups -OCH3 is 2. The van der Waals surface area contributed by atoms with Gasteiger partial charge in [-0.3, -0.25) is 29.2 Å². The molecule has 282 valence electrons. The van der Waals surface area contributed by atoms with Crippen LogP contribution in [0.4, 0.5) is 0 Å². The van der Waals surface area contributed by atoms with Gasteiger partial charge in [0.15, 0.2) is 5.78 Å². The number of carbonyl (C=O) groups is 3. The minimum Gasteiger partial charge on any atom is -0.469 e. The maximum atomic E-state index is 11.4. The van der Waals surface area contributed by atoms with Crippen LogP contribution >= 0.6 is 36.2 Å². The molecule has 5 aliphatic heterocycles. The number of fused-ring (bicyclic) bond motifs is 7. The standard InChI is InChI=1S/2C14H17NO2S.C9H9N.C5H8OS/c2*1-17-13(16)8-11-9-18-14-12-5-3-2-4-10(12)6-7-15(11)14;1-2-4-9-7-10-6-5-8(9)3-1;1-5(6)3-2-4-7/h2*2-5,11,14H,6-9H2,1H3;1-4,7H,5-6H2;2-3,7H,4H2,1H3/b;;;3-2+/t11-,14+;11-,14-;;/m10../s1. The number of aliphatic imine (C=N–C) groups is 1. The Balaban J connectivity index is 0.000000145. The lowest BCUT2D eigenvalue weighted by Crippen LogP contribution is -2.38. The molecule has 0 unspecified atom stereocenters. The highest BCUT2D eigenvalue weighted by molar-refractivity contribution is 8.00. The number of rotatable bonds is 6. The smallest absolute Gasteiger partial charge is 0.307 e. The molecule has 3 aromatic carbocycles. The first-order valence-electron chi connectivity index (χ1n) is 18.2. The molecule has 11 heteroatoms. The van der Waals surface area contributed by atoms with E-state index in [0.29, 0.717) is 41.4 Å². The third kappa shape index (κ3) is 11.3. The van der Waals surface area contributed by atoms with Gasteiger partial charge in [0, 0.05) is 55.2 Å². The number of thioether (sulfide) groups is 2. The molecule has 2 saturated heterocycles. The van der Waals surface area contributed by atoms with Gasteiger partial charge in [-0.1, -0.05) is 78.9 Å². The molecule has 5 heterocycles. The van der Waals surface area contributed by atoms with Crippen LogP contribution in [0.1, 0.15) is 63.9 Å². The first-order chi connectivity index (χ1) is 25.8. The highest BCUT2D eigenvalue weighted by atomic mass is 32.2. The quantitative estimate of drug-likeness (QED) is 0.159. The van der Waals surface area contributed by atoms with E-state index in [-0.39, 0.29) is 17.7 Å². The second-order valence-electron chi connectivity index (χ2n) is 13.3. The first-order valence-corrected chi connectivity index (χ1v) is 21.0. The van der Waals surface area contributed by atoms with Gasteiger partial charge in [-0.05, 0) is 65.6 Å².